The number of amides is 1. The second kappa shape index (κ2) is 6.54. The van der Waals surface area contributed by atoms with Crippen molar-refractivity contribution in [3.8, 4) is 0 Å². The van der Waals surface area contributed by atoms with Gasteiger partial charge in [0.1, 0.15) is 11.0 Å². The number of pyridine rings is 1. The van der Waals surface area contributed by atoms with E-state index in [0.29, 0.717) is 5.56 Å². The van der Waals surface area contributed by atoms with Gasteiger partial charge in [-0.1, -0.05) is 35.9 Å². The fourth-order valence-electron chi connectivity index (χ4n) is 2.05. The van der Waals surface area contributed by atoms with Gasteiger partial charge in [-0.3, -0.25) is 4.79 Å². The van der Waals surface area contributed by atoms with Crippen LogP contribution in [0, 0.1) is 5.82 Å². The van der Waals surface area contributed by atoms with E-state index in [4.69, 9.17) is 11.6 Å². The predicted octanol–water partition coefficient (Wildman–Crippen LogP) is 3.79. The zero-order valence-electron chi connectivity index (χ0n) is 11.8. The third-order valence-corrected chi connectivity index (χ3v) is 3.46. The minimum absolute atomic E-state index is 0.185. The van der Waals surface area contributed by atoms with Gasteiger partial charge in [0, 0.05) is 16.5 Å². The number of para-hydroxylation sites is 1. The molecular weight excluding hydrogens is 317 g/mol. The van der Waals surface area contributed by atoms with Crippen molar-refractivity contribution >= 4 is 34.6 Å². The van der Waals surface area contributed by atoms with Gasteiger partial charge >= 0.3 is 0 Å². The maximum absolute atomic E-state index is 13.1. The summed E-state index contributed by atoms with van der Waals surface area (Å²) in [6.45, 7) is 0. The Morgan fingerprint density at radius 2 is 2.00 bits per heavy atom. The molecule has 23 heavy (non-hydrogen) atoms. The summed E-state index contributed by atoms with van der Waals surface area (Å²) >= 11 is 6.09. The summed E-state index contributed by atoms with van der Waals surface area (Å²) < 4.78 is 13.1. The summed E-state index contributed by atoms with van der Waals surface area (Å²) in [5, 5.41) is 5.04. The van der Waals surface area contributed by atoms with Gasteiger partial charge in [0.05, 0.1) is 11.7 Å². The van der Waals surface area contributed by atoms with Crippen molar-refractivity contribution in [3.05, 3.63) is 76.7 Å². The second-order valence-corrected chi connectivity index (χ2v) is 5.13. The van der Waals surface area contributed by atoms with Crippen LogP contribution in [0.4, 0.5) is 4.39 Å². The number of hydrazone groups is 1. The first-order valence-corrected chi connectivity index (χ1v) is 7.15. The van der Waals surface area contributed by atoms with E-state index in [9.17, 15) is 9.18 Å². The van der Waals surface area contributed by atoms with Crippen molar-refractivity contribution in [2.45, 2.75) is 0 Å². The van der Waals surface area contributed by atoms with Gasteiger partial charge in [0.2, 0.25) is 0 Å². The average Bonchev–Trinajstić information content (AvgIpc) is 2.55. The third kappa shape index (κ3) is 3.52. The van der Waals surface area contributed by atoms with Crippen LogP contribution in [-0.2, 0) is 0 Å². The first-order valence-electron chi connectivity index (χ1n) is 6.78. The van der Waals surface area contributed by atoms with Gasteiger partial charge < -0.3 is 0 Å². The molecule has 0 aliphatic carbocycles. The van der Waals surface area contributed by atoms with E-state index < -0.39 is 11.7 Å². The van der Waals surface area contributed by atoms with Gasteiger partial charge in [0.15, 0.2) is 0 Å². The molecule has 0 saturated heterocycles. The standard InChI is InChI=1S/C17H11ClFN3O/c18-16-13(8-11-4-1-2-7-15(11)21-16)10-20-22-17(23)12-5-3-6-14(19)9-12/h1-10H,(H,22,23)/b20-10-. The number of benzene rings is 2. The van der Waals surface area contributed by atoms with Crippen molar-refractivity contribution in [1.82, 2.24) is 10.4 Å². The number of fused-ring (bicyclic) bond motifs is 1. The Bertz CT molecular complexity index is 911. The number of nitrogens with zero attached hydrogens (tertiary/aromatic N) is 2. The monoisotopic (exact) mass is 327 g/mol. The lowest BCUT2D eigenvalue weighted by atomic mass is 10.2. The summed E-state index contributed by atoms with van der Waals surface area (Å²) in [4.78, 5) is 16.1. The van der Waals surface area contributed by atoms with Crippen LogP contribution >= 0.6 is 11.6 Å². The Morgan fingerprint density at radius 3 is 2.83 bits per heavy atom. The van der Waals surface area contributed by atoms with E-state index in [0.717, 1.165) is 17.0 Å². The molecule has 6 heteroatoms. The second-order valence-electron chi connectivity index (χ2n) is 4.77. The molecule has 3 aromatic rings. The smallest absolute Gasteiger partial charge is 0.267 e. The molecule has 0 radical (unpaired) electrons. The summed E-state index contributed by atoms with van der Waals surface area (Å²) in [7, 11) is 0. The lowest BCUT2D eigenvalue weighted by molar-refractivity contribution is 0.0954. The van der Waals surface area contributed by atoms with Gasteiger partial charge in [-0.05, 0) is 30.3 Å². The normalized spacial score (nSPS) is 11.0. The Morgan fingerprint density at radius 1 is 1.17 bits per heavy atom. The lowest BCUT2D eigenvalue weighted by Crippen LogP contribution is -2.17. The minimum Gasteiger partial charge on any atom is -0.267 e. The number of hydrogen-bond acceptors (Lipinski definition) is 3. The molecule has 0 saturated carbocycles. The highest BCUT2D eigenvalue weighted by Gasteiger charge is 2.06. The molecule has 3 rings (SSSR count). The van der Waals surface area contributed by atoms with Crippen LogP contribution in [0.5, 0.6) is 0 Å². The average molecular weight is 328 g/mol. The quantitative estimate of drug-likeness (QED) is 0.452. The number of nitrogens with one attached hydrogen (secondary N) is 1. The predicted molar refractivity (Wildman–Crippen MR) is 88.2 cm³/mol. The van der Waals surface area contributed by atoms with E-state index in [2.05, 4.69) is 15.5 Å². The van der Waals surface area contributed by atoms with Crippen molar-refractivity contribution in [2.24, 2.45) is 5.10 Å². The van der Waals surface area contributed by atoms with Gasteiger partial charge in [-0.15, -0.1) is 0 Å². The highest BCUT2D eigenvalue weighted by atomic mass is 35.5. The number of carbonyl (C=O) groups excluding carboxylic acids is 1. The van der Waals surface area contributed by atoms with E-state index in [1.807, 2.05) is 30.3 Å². The zero-order valence-corrected chi connectivity index (χ0v) is 12.6. The van der Waals surface area contributed by atoms with Crippen molar-refractivity contribution < 1.29 is 9.18 Å². The largest absolute Gasteiger partial charge is 0.271 e. The molecule has 1 N–H and O–H groups in total. The maximum Gasteiger partial charge on any atom is 0.271 e. The summed E-state index contributed by atoms with van der Waals surface area (Å²) in [6, 6.07) is 14.7. The highest BCUT2D eigenvalue weighted by molar-refractivity contribution is 6.32. The number of hydrogen-bond donors (Lipinski definition) is 1. The molecule has 0 aliphatic rings. The molecule has 1 aromatic heterocycles. The van der Waals surface area contributed by atoms with Crippen molar-refractivity contribution in [3.63, 3.8) is 0 Å². The van der Waals surface area contributed by atoms with Crippen LogP contribution in [-0.4, -0.2) is 17.1 Å². The van der Waals surface area contributed by atoms with Gasteiger partial charge in [-0.2, -0.15) is 5.10 Å². The Labute approximate surface area is 136 Å². The number of aromatic nitrogens is 1. The molecule has 0 unspecified atom stereocenters. The van der Waals surface area contributed by atoms with Crippen LogP contribution in [0.2, 0.25) is 5.15 Å². The van der Waals surface area contributed by atoms with E-state index >= 15 is 0 Å². The molecule has 1 heterocycles. The van der Waals surface area contributed by atoms with Crippen molar-refractivity contribution in [2.75, 3.05) is 0 Å². The molecule has 2 aromatic carbocycles. The Hall–Kier alpha value is -2.79. The number of rotatable bonds is 3. The molecule has 0 fully saturated rings. The molecule has 0 spiro atoms. The molecule has 0 atom stereocenters. The summed E-state index contributed by atoms with van der Waals surface area (Å²) in [5.74, 6) is -0.992. The number of carbonyl (C=O) groups is 1. The molecule has 0 bridgehead atoms. The highest BCUT2D eigenvalue weighted by Crippen LogP contribution is 2.18. The Balaban J connectivity index is 1.78. The van der Waals surface area contributed by atoms with Crippen LogP contribution in [0.25, 0.3) is 10.9 Å². The minimum atomic E-state index is -0.509. The molecule has 114 valence electrons. The first-order chi connectivity index (χ1) is 11.1. The van der Waals surface area contributed by atoms with Crippen molar-refractivity contribution in [1.29, 1.82) is 0 Å². The molecule has 1 amide bonds. The topological polar surface area (TPSA) is 54.4 Å². The van der Waals surface area contributed by atoms with E-state index in [-0.39, 0.29) is 10.7 Å². The molecular formula is C17H11ClFN3O. The van der Waals surface area contributed by atoms with Crippen LogP contribution in [0.15, 0.2) is 59.7 Å². The SMILES string of the molecule is O=C(N/N=C\c1cc2ccccc2nc1Cl)c1cccc(F)c1. The zero-order chi connectivity index (χ0) is 16.2. The maximum atomic E-state index is 13.1. The van der Waals surface area contributed by atoms with Crippen LogP contribution < -0.4 is 5.43 Å². The third-order valence-electron chi connectivity index (χ3n) is 3.16. The fourth-order valence-corrected chi connectivity index (χ4v) is 2.25. The van der Waals surface area contributed by atoms with E-state index in [1.165, 1.54) is 24.4 Å². The first kappa shape index (κ1) is 15.1. The van der Waals surface area contributed by atoms with Gasteiger partial charge in [0.25, 0.3) is 5.91 Å². The fraction of sp³-hybridized carbons (Fsp3) is 0. The lowest BCUT2D eigenvalue weighted by Gasteiger charge is -2.02. The molecule has 4 nitrogen and oxygen atoms in total. The van der Waals surface area contributed by atoms with Crippen LogP contribution in [0.3, 0.4) is 0 Å². The van der Waals surface area contributed by atoms with Gasteiger partial charge in [-0.25, -0.2) is 14.8 Å². The van der Waals surface area contributed by atoms with E-state index in [1.54, 1.807) is 0 Å². The Kier molecular flexibility index (Phi) is 4.30. The van der Waals surface area contributed by atoms with Crippen LogP contribution in [0.1, 0.15) is 15.9 Å². The molecule has 0 aliphatic heterocycles. The number of halogens is 2. The summed E-state index contributed by atoms with van der Waals surface area (Å²) in [5.41, 5.74) is 3.86. The summed E-state index contributed by atoms with van der Waals surface area (Å²) in [6.07, 6.45) is 1.40.